The Labute approximate surface area is 130 Å². The second-order valence-electron chi connectivity index (χ2n) is 4.75. The van der Waals surface area contributed by atoms with Crippen LogP contribution in [0.25, 0.3) is 0 Å². The van der Waals surface area contributed by atoms with Gasteiger partial charge in [0.25, 0.3) is 0 Å². The van der Waals surface area contributed by atoms with Crippen LogP contribution >= 0.6 is 23.2 Å². The molecule has 0 aromatic heterocycles. The van der Waals surface area contributed by atoms with E-state index in [1.165, 1.54) is 12.1 Å². The molecule has 1 aromatic rings. The summed E-state index contributed by atoms with van der Waals surface area (Å²) in [7, 11) is -1.78. The van der Waals surface area contributed by atoms with Crippen molar-refractivity contribution in [3.8, 4) is 0 Å². The number of nitrogens with one attached hydrogen (secondary N) is 1. The van der Waals surface area contributed by atoms with Gasteiger partial charge in [-0.25, -0.2) is 13.1 Å². The van der Waals surface area contributed by atoms with Gasteiger partial charge in [0.15, 0.2) is 0 Å². The van der Waals surface area contributed by atoms with Crippen molar-refractivity contribution in [3.63, 3.8) is 0 Å². The van der Waals surface area contributed by atoms with E-state index in [9.17, 15) is 8.42 Å². The maximum atomic E-state index is 12.2. The summed E-state index contributed by atoms with van der Waals surface area (Å²) >= 11 is 11.7. The smallest absolute Gasteiger partial charge is 0.242 e. The van der Waals surface area contributed by atoms with Crippen LogP contribution in [0.15, 0.2) is 17.0 Å². The summed E-state index contributed by atoms with van der Waals surface area (Å²) in [6, 6.07) is 3.10. The van der Waals surface area contributed by atoms with Crippen molar-refractivity contribution in [2.45, 2.75) is 24.8 Å². The summed E-state index contributed by atoms with van der Waals surface area (Å²) in [4.78, 5) is 1.97. The van der Waals surface area contributed by atoms with Crippen LogP contribution in [-0.4, -0.2) is 39.5 Å². The zero-order chi connectivity index (χ0) is 15.5. The highest BCUT2D eigenvalue weighted by Crippen LogP contribution is 2.32. The van der Waals surface area contributed by atoms with E-state index >= 15 is 0 Å². The van der Waals surface area contributed by atoms with Gasteiger partial charge in [0, 0.05) is 19.1 Å². The largest absolute Gasteiger partial charge is 0.396 e. The van der Waals surface area contributed by atoms with Crippen molar-refractivity contribution >= 4 is 38.9 Å². The van der Waals surface area contributed by atoms with Crippen molar-refractivity contribution in [2.24, 2.45) is 0 Å². The molecule has 0 spiro atoms. The van der Waals surface area contributed by atoms with Gasteiger partial charge in [0.2, 0.25) is 10.0 Å². The fraction of sp³-hybridized carbons (Fsp3) is 0.500. The van der Waals surface area contributed by atoms with E-state index in [-0.39, 0.29) is 27.2 Å². The Hall–Kier alpha value is -0.530. The average molecular weight is 340 g/mol. The van der Waals surface area contributed by atoms with Gasteiger partial charge in [0.05, 0.1) is 15.7 Å². The average Bonchev–Trinajstić information content (AvgIpc) is 2.35. The van der Waals surface area contributed by atoms with E-state index in [1.807, 2.05) is 25.8 Å². The van der Waals surface area contributed by atoms with E-state index in [2.05, 4.69) is 4.72 Å². The summed E-state index contributed by atoms with van der Waals surface area (Å²) in [6.45, 7) is 4.95. The molecule has 3 N–H and O–H groups in total. The van der Waals surface area contributed by atoms with Crippen molar-refractivity contribution in [1.82, 2.24) is 9.62 Å². The van der Waals surface area contributed by atoms with Gasteiger partial charge in [-0.15, -0.1) is 0 Å². The maximum Gasteiger partial charge on any atom is 0.242 e. The molecule has 0 saturated heterocycles. The first kappa shape index (κ1) is 17.5. The van der Waals surface area contributed by atoms with Crippen LogP contribution in [0.4, 0.5) is 5.69 Å². The first-order valence-corrected chi connectivity index (χ1v) is 8.34. The van der Waals surface area contributed by atoms with Crippen LogP contribution in [0.1, 0.15) is 13.8 Å². The zero-order valence-electron chi connectivity index (χ0n) is 11.7. The molecule has 0 fully saturated rings. The number of rotatable bonds is 6. The third kappa shape index (κ3) is 4.23. The molecular weight excluding hydrogens is 321 g/mol. The highest BCUT2D eigenvalue weighted by molar-refractivity contribution is 7.89. The number of nitrogens with two attached hydrogens (primary N) is 1. The third-order valence-corrected chi connectivity index (χ3v) is 5.37. The number of halogens is 2. The molecule has 8 heteroatoms. The van der Waals surface area contributed by atoms with Crippen LogP contribution in [0.2, 0.25) is 10.0 Å². The lowest BCUT2D eigenvalue weighted by Crippen LogP contribution is -2.36. The molecule has 0 unspecified atom stereocenters. The molecule has 0 aliphatic heterocycles. The van der Waals surface area contributed by atoms with Gasteiger partial charge in [-0.2, -0.15) is 0 Å². The van der Waals surface area contributed by atoms with Gasteiger partial charge in [-0.3, -0.25) is 0 Å². The number of benzene rings is 1. The van der Waals surface area contributed by atoms with Crippen LogP contribution in [-0.2, 0) is 10.0 Å². The quantitative estimate of drug-likeness (QED) is 0.779. The highest BCUT2D eigenvalue weighted by atomic mass is 35.5. The van der Waals surface area contributed by atoms with Gasteiger partial charge in [-0.05, 0) is 33.0 Å². The molecule has 20 heavy (non-hydrogen) atoms. The molecule has 0 bridgehead atoms. The number of nitrogen functional groups attached to an aromatic ring is 1. The lowest BCUT2D eigenvalue weighted by Gasteiger charge is -2.21. The molecule has 1 rings (SSSR count). The van der Waals surface area contributed by atoms with Crippen molar-refractivity contribution in [3.05, 3.63) is 22.2 Å². The summed E-state index contributed by atoms with van der Waals surface area (Å²) in [5.41, 5.74) is 5.70. The van der Waals surface area contributed by atoms with E-state index in [4.69, 9.17) is 28.9 Å². The Morgan fingerprint density at radius 3 is 2.50 bits per heavy atom. The van der Waals surface area contributed by atoms with E-state index in [0.29, 0.717) is 12.6 Å². The third-order valence-electron chi connectivity index (χ3n) is 3.02. The van der Waals surface area contributed by atoms with E-state index < -0.39 is 10.0 Å². The fourth-order valence-corrected chi connectivity index (χ4v) is 3.23. The molecule has 0 aliphatic rings. The Kier molecular flexibility index (Phi) is 6.09. The molecule has 0 atom stereocenters. The van der Waals surface area contributed by atoms with E-state index in [0.717, 1.165) is 0 Å². The van der Waals surface area contributed by atoms with Gasteiger partial charge in [-0.1, -0.05) is 23.2 Å². The Bertz CT molecular complexity index is 576. The minimum Gasteiger partial charge on any atom is -0.396 e. The topological polar surface area (TPSA) is 75.4 Å². The standard InChI is InChI=1S/C12H19Cl2N3O2S/c1-8(2)17(3)7-6-16-20(18,19)10-5-4-9(13)12(15)11(10)14/h4-5,8,16H,6-7,15H2,1-3H3. The van der Waals surface area contributed by atoms with Crippen LogP contribution < -0.4 is 10.5 Å². The monoisotopic (exact) mass is 339 g/mol. The van der Waals surface area contributed by atoms with E-state index in [1.54, 1.807) is 0 Å². The number of nitrogens with zero attached hydrogens (tertiary/aromatic N) is 1. The minimum absolute atomic E-state index is 0.0535. The van der Waals surface area contributed by atoms with Gasteiger partial charge in [0.1, 0.15) is 4.90 Å². The number of hydrogen-bond acceptors (Lipinski definition) is 4. The van der Waals surface area contributed by atoms with Gasteiger partial charge < -0.3 is 10.6 Å². The summed E-state index contributed by atoms with van der Waals surface area (Å²) < 4.78 is 26.8. The normalized spacial score (nSPS) is 12.3. The van der Waals surface area contributed by atoms with Crippen LogP contribution in [0.3, 0.4) is 0 Å². The first-order valence-electron chi connectivity index (χ1n) is 6.10. The van der Waals surface area contributed by atoms with Crippen LogP contribution in [0.5, 0.6) is 0 Å². The number of anilines is 1. The summed E-state index contributed by atoms with van der Waals surface area (Å²) in [6.07, 6.45) is 0. The molecule has 0 radical (unpaired) electrons. The molecule has 5 nitrogen and oxygen atoms in total. The molecule has 0 heterocycles. The first-order chi connectivity index (χ1) is 9.16. The molecule has 0 amide bonds. The molecular formula is C12H19Cl2N3O2S. The lowest BCUT2D eigenvalue weighted by molar-refractivity contribution is 0.278. The second-order valence-corrected chi connectivity index (χ2v) is 7.27. The Balaban J connectivity index is 2.83. The van der Waals surface area contributed by atoms with Crippen LogP contribution in [0, 0.1) is 0 Å². The number of likely N-dealkylation sites (N-methyl/N-ethyl adjacent to an activating group) is 1. The molecule has 0 saturated carbocycles. The van der Waals surface area contributed by atoms with Crippen molar-refractivity contribution in [1.29, 1.82) is 0 Å². The minimum atomic E-state index is -3.70. The SMILES string of the molecule is CC(C)N(C)CCNS(=O)(=O)c1ccc(Cl)c(N)c1Cl. The number of sulfonamides is 1. The van der Waals surface area contributed by atoms with Gasteiger partial charge >= 0.3 is 0 Å². The predicted molar refractivity (Wildman–Crippen MR) is 83.8 cm³/mol. The summed E-state index contributed by atoms with van der Waals surface area (Å²) in [5.74, 6) is 0. The molecule has 0 aliphatic carbocycles. The lowest BCUT2D eigenvalue weighted by atomic mass is 10.3. The summed E-state index contributed by atoms with van der Waals surface area (Å²) in [5, 5.41) is 0.177. The number of hydrogen-bond donors (Lipinski definition) is 2. The molecule has 1 aromatic carbocycles. The highest BCUT2D eigenvalue weighted by Gasteiger charge is 2.20. The van der Waals surface area contributed by atoms with Crippen molar-refractivity contribution in [2.75, 3.05) is 25.9 Å². The second kappa shape index (κ2) is 6.95. The Morgan fingerprint density at radius 1 is 1.35 bits per heavy atom. The maximum absolute atomic E-state index is 12.2. The zero-order valence-corrected chi connectivity index (χ0v) is 14.0. The molecule has 114 valence electrons. The Morgan fingerprint density at radius 2 is 1.95 bits per heavy atom. The van der Waals surface area contributed by atoms with Crippen molar-refractivity contribution < 1.29 is 8.42 Å². The predicted octanol–water partition coefficient (Wildman–Crippen LogP) is 2.19. The fourth-order valence-electron chi connectivity index (χ4n) is 1.45.